The van der Waals surface area contributed by atoms with Gasteiger partial charge in [0.25, 0.3) is 0 Å². The van der Waals surface area contributed by atoms with Gasteiger partial charge < -0.3 is 15.2 Å². The maximum Gasteiger partial charge on any atom is 0.407 e. The SMILES string of the molecule is CC(C)(C)OC(=O)NCCC=Cc1scnc1C(=O)O. The number of rotatable bonds is 5. The summed E-state index contributed by atoms with van der Waals surface area (Å²) >= 11 is 1.26. The molecule has 0 saturated heterocycles. The molecule has 0 fully saturated rings. The number of carbonyl (C=O) groups excluding carboxylic acids is 1. The van der Waals surface area contributed by atoms with Gasteiger partial charge >= 0.3 is 12.1 Å². The Labute approximate surface area is 121 Å². The van der Waals surface area contributed by atoms with E-state index in [-0.39, 0.29) is 5.69 Å². The van der Waals surface area contributed by atoms with Crippen LogP contribution >= 0.6 is 11.3 Å². The van der Waals surface area contributed by atoms with E-state index in [1.807, 2.05) is 0 Å². The Morgan fingerprint density at radius 2 is 2.20 bits per heavy atom. The number of hydrogen-bond acceptors (Lipinski definition) is 5. The van der Waals surface area contributed by atoms with Crippen molar-refractivity contribution >= 4 is 29.5 Å². The predicted molar refractivity (Wildman–Crippen MR) is 77.0 cm³/mol. The molecule has 0 aliphatic rings. The summed E-state index contributed by atoms with van der Waals surface area (Å²) in [6.07, 6.45) is 3.60. The highest BCUT2D eigenvalue weighted by Crippen LogP contribution is 2.15. The third kappa shape index (κ3) is 5.83. The fourth-order valence-electron chi connectivity index (χ4n) is 1.30. The number of nitrogens with one attached hydrogen (secondary N) is 1. The monoisotopic (exact) mass is 298 g/mol. The molecule has 1 heterocycles. The van der Waals surface area contributed by atoms with Crippen LogP contribution < -0.4 is 5.32 Å². The van der Waals surface area contributed by atoms with Gasteiger partial charge in [0.15, 0.2) is 5.69 Å². The van der Waals surface area contributed by atoms with Gasteiger partial charge in [-0.25, -0.2) is 14.6 Å². The molecule has 0 aliphatic heterocycles. The Morgan fingerprint density at radius 3 is 2.80 bits per heavy atom. The van der Waals surface area contributed by atoms with Gasteiger partial charge in [0.2, 0.25) is 0 Å². The highest BCUT2D eigenvalue weighted by molar-refractivity contribution is 7.10. The molecule has 0 spiro atoms. The molecular formula is C13H18N2O4S. The summed E-state index contributed by atoms with van der Waals surface area (Å²) in [4.78, 5) is 26.5. The number of amides is 1. The summed E-state index contributed by atoms with van der Waals surface area (Å²) in [6, 6.07) is 0. The van der Waals surface area contributed by atoms with E-state index >= 15 is 0 Å². The summed E-state index contributed by atoms with van der Waals surface area (Å²) in [5, 5.41) is 11.5. The Bertz CT molecular complexity index is 503. The summed E-state index contributed by atoms with van der Waals surface area (Å²) in [5.74, 6) is -1.04. The number of aromatic nitrogens is 1. The van der Waals surface area contributed by atoms with E-state index in [2.05, 4.69) is 10.3 Å². The summed E-state index contributed by atoms with van der Waals surface area (Å²) in [7, 11) is 0. The van der Waals surface area contributed by atoms with Crippen LogP contribution in [0.2, 0.25) is 0 Å². The topological polar surface area (TPSA) is 88.5 Å². The first-order valence-electron chi connectivity index (χ1n) is 6.10. The normalized spacial score (nSPS) is 11.6. The van der Waals surface area contributed by atoms with Crippen molar-refractivity contribution < 1.29 is 19.4 Å². The molecular weight excluding hydrogens is 280 g/mol. The fourth-order valence-corrected chi connectivity index (χ4v) is 1.99. The highest BCUT2D eigenvalue weighted by Gasteiger charge is 2.15. The van der Waals surface area contributed by atoms with Crippen LogP contribution in [0.25, 0.3) is 6.08 Å². The van der Waals surface area contributed by atoms with Crippen molar-refractivity contribution in [3.05, 3.63) is 22.2 Å². The zero-order chi connectivity index (χ0) is 15.2. The molecule has 0 unspecified atom stereocenters. The van der Waals surface area contributed by atoms with Gasteiger partial charge in [-0.2, -0.15) is 0 Å². The number of ether oxygens (including phenoxy) is 1. The standard InChI is InChI=1S/C13H18N2O4S/c1-13(2,3)19-12(18)14-7-5-4-6-9-10(11(16)17)15-8-20-9/h4,6,8H,5,7H2,1-3H3,(H,14,18)(H,16,17). The molecule has 1 aromatic rings. The molecule has 1 rings (SSSR count). The van der Waals surface area contributed by atoms with E-state index in [9.17, 15) is 9.59 Å². The van der Waals surface area contributed by atoms with Gasteiger partial charge in [-0.1, -0.05) is 6.08 Å². The first kappa shape index (κ1) is 16.2. The van der Waals surface area contributed by atoms with Crippen LogP contribution in [-0.4, -0.2) is 34.3 Å². The first-order valence-corrected chi connectivity index (χ1v) is 6.98. The van der Waals surface area contributed by atoms with Crippen LogP contribution in [0.3, 0.4) is 0 Å². The Morgan fingerprint density at radius 1 is 1.50 bits per heavy atom. The van der Waals surface area contributed by atoms with Crippen LogP contribution in [0.4, 0.5) is 4.79 Å². The molecule has 0 aliphatic carbocycles. The van der Waals surface area contributed by atoms with Gasteiger partial charge in [0.05, 0.1) is 10.4 Å². The van der Waals surface area contributed by atoms with Crippen molar-refractivity contribution in [1.82, 2.24) is 10.3 Å². The van der Waals surface area contributed by atoms with Crippen LogP contribution in [0.15, 0.2) is 11.6 Å². The second-order valence-corrected chi connectivity index (χ2v) is 5.88. The second kappa shape index (κ2) is 7.04. The fraction of sp³-hybridized carbons (Fsp3) is 0.462. The third-order valence-electron chi connectivity index (χ3n) is 2.05. The quantitative estimate of drug-likeness (QED) is 0.816. The average molecular weight is 298 g/mol. The lowest BCUT2D eigenvalue weighted by Crippen LogP contribution is -2.32. The van der Waals surface area contributed by atoms with Gasteiger partial charge in [-0.3, -0.25) is 0 Å². The summed E-state index contributed by atoms with van der Waals surface area (Å²) < 4.78 is 5.08. The minimum atomic E-state index is -1.04. The Hall–Kier alpha value is -1.89. The lowest BCUT2D eigenvalue weighted by atomic mass is 10.2. The lowest BCUT2D eigenvalue weighted by Gasteiger charge is -2.19. The molecule has 7 heteroatoms. The van der Waals surface area contributed by atoms with Crippen molar-refractivity contribution in [2.24, 2.45) is 0 Å². The van der Waals surface area contributed by atoms with Crippen LogP contribution in [-0.2, 0) is 4.74 Å². The molecule has 6 nitrogen and oxygen atoms in total. The first-order chi connectivity index (χ1) is 9.29. The molecule has 0 bridgehead atoms. The van der Waals surface area contributed by atoms with Crippen molar-refractivity contribution in [2.45, 2.75) is 32.8 Å². The van der Waals surface area contributed by atoms with Gasteiger partial charge in [-0.15, -0.1) is 11.3 Å². The predicted octanol–water partition coefficient (Wildman–Crippen LogP) is 2.77. The molecule has 0 atom stereocenters. The highest BCUT2D eigenvalue weighted by atomic mass is 32.1. The van der Waals surface area contributed by atoms with E-state index in [4.69, 9.17) is 9.84 Å². The number of alkyl carbamates (subject to hydrolysis) is 1. The van der Waals surface area contributed by atoms with E-state index < -0.39 is 17.7 Å². The molecule has 1 amide bonds. The molecule has 20 heavy (non-hydrogen) atoms. The van der Waals surface area contributed by atoms with Crippen LogP contribution in [0.5, 0.6) is 0 Å². The number of aromatic carboxylic acids is 1. The molecule has 2 N–H and O–H groups in total. The maximum atomic E-state index is 11.4. The molecule has 0 saturated carbocycles. The summed E-state index contributed by atoms with van der Waals surface area (Å²) in [6.45, 7) is 5.81. The number of hydrogen-bond donors (Lipinski definition) is 2. The minimum absolute atomic E-state index is 0.0475. The van der Waals surface area contributed by atoms with E-state index in [1.54, 1.807) is 32.9 Å². The maximum absolute atomic E-state index is 11.4. The van der Waals surface area contributed by atoms with Gasteiger partial charge in [0.1, 0.15) is 5.60 Å². The van der Waals surface area contributed by atoms with Gasteiger partial charge in [0, 0.05) is 6.54 Å². The zero-order valence-corrected chi connectivity index (χ0v) is 12.5. The van der Waals surface area contributed by atoms with E-state index in [0.29, 0.717) is 17.8 Å². The molecule has 110 valence electrons. The van der Waals surface area contributed by atoms with Crippen molar-refractivity contribution in [2.75, 3.05) is 6.54 Å². The molecule has 1 aromatic heterocycles. The number of nitrogens with zero attached hydrogens (tertiary/aromatic N) is 1. The zero-order valence-electron chi connectivity index (χ0n) is 11.7. The molecule has 0 aromatic carbocycles. The van der Waals surface area contributed by atoms with Gasteiger partial charge in [-0.05, 0) is 33.3 Å². The van der Waals surface area contributed by atoms with Crippen LogP contribution in [0.1, 0.15) is 42.6 Å². The smallest absolute Gasteiger partial charge is 0.407 e. The number of thiazole rings is 1. The van der Waals surface area contributed by atoms with Crippen molar-refractivity contribution in [3.8, 4) is 0 Å². The van der Waals surface area contributed by atoms with E-state index in [0.717, 1.165) is 0 Å². The largest absolute Gasteiger partial charge is 0.476 e. The number of carboxylic acid groups (broad SMARTS) is 1. The van der Waals surface area contributed by atoms with Crippen LogP contribution in [0, 0.1) is 0 Å². The lowest BCUT2D eigenvalue weighted by molar-refractivity contribution is 0.0528. The number of carboxylic acids is 1. The second-order valence-electron chi connectivity index (χ2n) is 4.99. The summed E-state index contributed by atoms with van der Waals surface area (Å²) in [5.41, 5.74) is 1.02. The minimum Gasteiger partial charge on any atom is -0.476 e. The van der Waals surface area contributed by atoms with Crippen molar-refractivity contribution in [3.63, 3.8) is 0 Å². The Balaban J connectivity index is 2.34. The Kier molecular flexibility index (Phi) is 5.69. The van der Waals surface area contributed by atoms with E-state index in [1.165, 1.54) is 16.8 Å². The number of carbonyl (C=O) groups is 2. The van der Waals surface area contributed by atoms with Crippen molar-refractivity contribution in [1.29, 1.82) is 0 Å². The third-order valence-corrected chi connectivity index (χ3v) is 2.84. The average Bonchev–Trinajstić information content (AvgIpc) is 2.74. The molecule has 0 radical (unpaired) electrons.